The molecule has 0 aliphatic rings. The highest BCUT2D eigenvalue weighted by Gasteiger charge is 2.09. The number of hydrogen-bond donors (Lipinski definition) is 0. The van der Waals surface area contributed by atoms with E-state index in [0.29, 0.717) is 11.3 Å². The zero-order chi connectivity index (χ0) is 20.7. The highest BCUT2D eigenvalue weighted by Crippen LogP contribution is 2.25. The molecule has 0 bridgehead atoms. The number of carbonyl (C=O) groups is 2. The van der Waals surface area contributed by atoms with Gasteiger partial charge in [-0.05, 0) is 73.0 Å². The van der Waals surface area contributed by atoms with Crippen molar-refractivity contribution in [3.63, 3.8) is 0 Å². The van der Waals surface area contributed by atoms with Gasteiger partial charge in [0, 0.05) is 5.56 Å². The number of carbonyl (C=O) groups excluding carboxylic acids is 2. The van der Waals surface area contributed by atoms with Crippen molar-refractivity contribution in [2.45, 2.75) is 20.5 Å². The van der Waals surface area contributed by atoms with Crippen molar-refractivity contribution in [3.05, 3.63) is 64.7 Å². The Morgan fingerprint density at radius 1 is 1.07 bits per heavy atom. The molecule has 0 saturated heterocycles. The molecular weight excluding hydrogens is 370 g/mol. The van der Waals surface area contributed by atoms with Gasteiger partial charge < -0.3 is 14.2 Å². The molecule has 0 N–H and O–H groups in total. The Morgan fingerprint density at radius 2 is 1.68 bits per heavy atom. The average molecular weight is 390 g/mol. The molecule has 0 atom stereocenters. The lowest BCUT2D eigenvalue weighted by Gasteiger charge is -2.12. The maximum Gasteiger partial charge on any atom is 0.387 e. The standard InChI is InChI=1S/C21H20F2O5/c1-13-10-15(11-14(2)20(13)27-12-19(25)26-3)4-9-18(24)16-5-7-17(8-6-16)28-21(22)23/h4-11,21H,12H2,1-3H3. The first-order valence-electron chi connectivity index (χ1n) is 8.38. The molecule has 0 heterocycles. The van der Waals surface area contributed by atoms with Crippen molar-refractivity contribution >= 4 is 17.8 Å². The van der Waals surface area contributed by atoms with Gasteiger partial charge in [0.1, 0.15) is 11.5 Å². The lowest BCUT2D eigenvalue weighted by molar-refractivity contribution is -0.142. The molecule has 2 aromatic rings. The molecule has 2 aromatic carbocycles. The summed E-state index contributed by atoms with van der Waals surface area (Å²) >= 11 is 0. The van der Waals surface area contributed by atoms with Gasteiger partial charge in [-0.15, -0.1) is 0 Å². The van der Waals surface area contributed by atoms with Gasteiger partial charge in [-0.1, -0.05) is 6.08 Å². The molecule has 0 fully saturated rings. The number of esters is 1. The van der Waals surface area contributed by atoms with Crippen LogP contribution in [-0.2, 0) is 9.53 Å². The summed E-state index contributed by atoms with van der Waals surface area (Å²) in [5.74, 6) is -0.170. The summed E-state index contributed by atoms with van der Waals surface area (Å²) in [5, 5.41) is 0. The largest absolute Gasteiger partial charge is 0.481 e. The number of halogens is 2. The van der Waals surface area contributed by atoms with Crippen molar-refractivity contribution in [2.75, 3.05) is 13.7 Å². The summed E-state index contributed by atoms with van der Waals surface area (Å²) in [5.41, 5.74) is 2.75. The summed E-state index contributed by atoms with van der Waals surface area (Å²) in [6.45, 7) is 0.575. The number of methoxy groups -OCH3 is 1. The minimum atomic E-state index is -2.91. The van der Waals surface area contributed by atoms with Crippen LogP contribution in [0.3, 0.4) is 0 Å². The molecule has 148 valence electrons. The van der Waals surface area contributed by atoms with Gasteiger partial charge in [-0.25, -0.2) is 4.79 Å². The summed E-state index contributed by atoms with van der Waals surface area (Å²) in [7, 11) is 1.29. The van der Waals surface area contributed by atoms with Crippen LogP contribution in [0.15, 0.2) is 42.5 Å². The van der Waals surface area contributed by atoms with Gasteiger partial charge in [0.15, 0.2) is 12.4 Å². The van der Waals surface area contributed by atoms with Crippen LogP contribution in [0.2, 0.25) is 0 Å². The van der Waals surface area contributed by atoms with Crippen LogP contribution in [0, 0.1) is 13.8 Å². The first-order chi connectivity index (χ1) is 13.3. The zero-order valence-corrected chi connectivity index (χ0v) is 15.7. The highest BCUT2D eigenvalue weighted by atomic mass is 19.3. The number of alkyl halides is 2. The SMILES string of the molecule is COC(=O)COc1c(C)cc(C=CC(=O)c2ccc(OC(F)F)cc2)cc1C. The second-order valence-electron chi connectivity index (χ2n) is 5.95. The van der Waals surface area contributed by atoms with Crippen LogP contribution >= 0.6 is 0 Å². The number of ether oxygens (including phenoxy) is 3. The molecule has 5 nitrogen and oxygen atoms in total. The number of hydrogen-bond acceptors (Lipinski definition) is 5. The fourth-order valence-electron chi connectivity index (χ4n) is 2.57. The van der Waals surface area contributed by atoms with Crippen LogP contribution in [0.4, 0.5) is 8.78 Å². The number of ketones is 1. The minimum Gasteiger partial charge on any atom is -0.481 e. The predicted molar refractivity (Wildman–Crippen MR) is 99.9 cm³/mol. The monoisotopic (exact) mass is 390 g/mol. The highest BCUT2D eigenvalue weighted by molar-refractivity contribution is 6.06. The molecule has 28 heavy (non-hydrogen) atoms. The van der Waals surface area contributed by atoms with E-state index in [9.17, 15) is 18.4 Å². The molecular formula is C21H20F2O5. The fraction of sp³-hybridized carbons (Fsp3) is 0.238. The molecule has 0 spiro atoms. The van der Waals surface area contributed by atoms with Crippen LogP contribution in [0.25, 0.3) is 6.08 Å². The van der Waals surface area contributed by atoms with Crippen molar-refractivity contribution in [1.29, 1.82) is 0 Å². The number of aryl methyl sites for hydroxylation is 2. The molecule has 0 aliphatic carbocycles. The van der Waals surface area contributed by atoms with E-state index in [-0.39, 0.29) is 18.1 Å². The van der Waals surface area contributed by atoms with Crippen LogP contribution in [0.1, 0.15) is 27.0 Å². The molecule has 0 aliphatic heterocycles. The normalized spacial score (nSPS) is 10.9. The fourth-order valence-corrected chi connectivity index (χ4v) is 2.57. The van der Waals surface area contributed by atoms with Crippen molar-refractivity contribution in [1.82, 2.24) is 0 Å². The summed E-state index contributed by atoms with van der Waals surface area (Å²) in [6, 6.07) is 9.12. The second-order valence-corrected chi connectivity index (χ2v) is 5.95. The quantitative estimate of drug-likeness (QED) is 0.381. The van der Waals surface area contributed by atoms with Crippen molar-refractivity contribution in [3.8, 4) is 11.5 Å². The Balaban J connectivity index is 2.08. The summed E-state index contributed by atoms with van der Waals surface area (Å²) in [4.78, 5) is 23.5. The van der Waals surface area contributed by atoms with Crippen molar-refractivity contribution in [2.24, 2.45) is 0 Å². The molecule has 0 radical (unpaired) electrons. The lowest BCUT2D eigenvalue weighted by Crippen LogP contribution is -2.13. The van der Waals surface area contributed by atoms with Crippen molar-refractivity contribution < 1.29 is 32.6 Å². The Bertz CT molecular complexity index is 850. The predicted octanol–water partition coefficient (Wildman–Crippen LogP) is 4.35. The first-order valence-corrected chi connectivity index (χ1v) is 8.38. The molecule has 2 rings (SSSR count). The van der Waals surface area contributed by atoms with E-state index in [0.717, 1.165) is 16.7 Å². The van der Waals surface area contributed by atoms with E-state index in [1.54, 1.807) is 6.08 Å². The van der Waals surface area contributed by atoms with Gasteiger partial charge in [0.25, 0.3) is 0 Å². The third-order valence-corrected chi connectivity index (χ3v) is 3.84. The molecule has 0 unspecified atom stereocenters. The third kappa shape index (κ3) is 5.90. The van der Waals surface area contributed by atoms with Crippen LogP contribution in [-0.4, -0.2) is 32.1 Å². The summed E-state index contributed by atoms with van der Waals surface area (Å²) in [6.07, 6.45) is 3.04. The lowest BCUT2D eigenvalue weighted by atomic mass is 10.0. The number of benzene rings is 2. The first kappa shape index (κ1) is 21.1. The number of allylic oxidation sites excluding steroid dienone is 1. The van der Waals surface area contributed by atoms with E-state index >= 15 is 0 Å². The van der Waals surface area contributed by atoms with Gasteiger partial charge in [0.2, 0.25) is 0 Å². The van der Waals surface area contributed by atoms with E-state index in [2.05, 4.69) is 9.47 Å². The zero-order valence-electron chi connectivity index (χ0n) is 15.7. The van der Waals surface area contributed by atoms with E-state index in [1.807, 2.05) is 26.0 Å². The maximum absolute atomic E-state index is 12.2. The minimum absolute atomic E-state index is 0.00989. The maximum atomic E-state index is 12.2. The van der Waals surface area contributed by atoms with Crippen LogP contribution in [0.5, 0.6) is 11.5 Å². The van der Waals surface area contributed by atoms with E-state index in [1.165, 1.54) is 37.5 Å². The molecule has 0 saturated carbocycles. The third-order valence-electron chi connectivity index (χ3n) is 3.84. The Labute approximate surface area is 161 Å². The van der Waals surface area contributed by atoms with Gasteiger partial charge in [-0.2, -0.15) is 8.78 Å². The van der Waals surface area contributed by atoms with Gasteiger partial charge in [-0.3, -0.25) is 4.79 Å². The van der Waals surface area contributed by atoms with E-state index < -0.39 is 12.6 Å². The molecule has 7 heteroatoms. The van der Waals surface area contributed by atoms with Crippen LogP contribution < -0.4 is 9.47 Å². The average Bonchev–Trinajstić information content (AvgIpc) is 2.65. The number of rotatable bonds is 8. The Kier molecular flexibility index (Phi) is 7.26. The van der Waals surface area contributed by atoms with E-state index in [4.69, 9.17) is 4.74 Å². The second kappa shape index (κ2) is 9.64. The molecule has 0 aromatic heterocycles. The smallest absolute Gasteiger partial charge is 0.387 e. The summed E-state index contributed by atoms with van der Waals surface area (Å²) < 4.78 is 38.6. The Hall–Kier alpha value is -3.22. The topological polar surface area (TPSA) is 61.8 Å². The Morgan fingerprint density at radius 3 is 2.21 bits per heavy atom. The molecule has 0 amide bonds. The van der Waals surface area contributed by atoms with Gasteiger partial charge in [0.05, 0.1) is 7.11 Å². The van der Waals surface area contributed by atoms with Gasteiger partial charge >= 0.3 is 12.6 Å².